The number of aryl methyl sites for hydroxylation is 1. The van der Waals surface area contributed by atoms with Crippen molar-refractivity contribution in [2.75, 3.05) is 19.0 Å². The minimum Gasteiger partial charge on any atom is -0.378 e. The number of aromatic nitrogens is 1. The molecule has 3 rings (SSSR count). The number of anilines is 1. The SMILES string of the molecule is Cc1[nH]c2ccc(-c3ccc(N(C)C)cc3)cc2c(=O)c1Cl. The molecular formula is C18H17ClN2O. The summed E-state index contributed by atoms with van der Waals surface area (Å²) < 4.78 is 0. The number of nitrogens with one attached hydrogen (secondary N) is 1. The highest BCUT2D eigenvalue weighted by atomic mass is 35.5. The molecule has 0 amide bonds. The Hall–Kier alpha value is -2.26. The van der Waals surface area contributed by atoms with Crippen LogP contribution in [0.5, 0.6) is 0 Å². The molecule has 0 bridgehead atoms. The van der Waals surface area contributed by atoms with Gasteiger partial charge < -0.3 is 9.88 Å². The molecule has 0 radical (unpaired) electrons. The molecule has 3 nitrogen and oxygen atoms in total. The average molecular weight is 313 g/mol. The number of hydrogen-bond donors (Lipinski definition) is 1. The van der Waals surface area contributed by atoms with Gasteiger partial charge in [-0.2, -0.15) is 0 Å². The van der Waals surface area contributed by atoms with Gasteiger partial charge in [0.15, 0.2) is 0 Å². The summed E-state index contributed by atoms with van der Waals surface area (Å²) in [6, 6.07) is 14.1. The summed E-state index contributed by atoms with van der Waals surface area (Å²) in [5.74, 6) is 0. The Balaban J connectivity index is 2.14. The first-order valence-corrected chi connectivity index (χ1v) is 7.45. The summed E-state index contributed by atoms with van der Waals surface area (Å²) in [6.45, 7) is 1.80. The normalized spacial score (nSPS) is 10.9. The van der Waals surface area contributed by atoms with Gasteiger partial charge in [0.05, 0.1) is 0 Å². The van der Waals surface area contributed by atoms with Crippen LogP contribution in [0.4, 0.5) is 5.69 Å². The minimum atomic E-state index is -0.125. The molecule has 4 heteroatoms. The molecule has 0 fully saturated rings. The van der Waals surface area contributed by atoms with Crippen molar-refractivity contribution in [3.8, 4) is 11.1 Å². The fourth-order valence-corrected chi connectivity index (χ4v) is 2.67. The van der Waals surface area contributed by atoms with Crippen molar-refractivity contribution < 1.29 is 0 Å². The standard InChI is InChI=1S/C18H17ClN2O/c1-11-17(19)18(22)15-10-13(6-9-16(15)20-11)12-4-7-14(8-5-12)21(2)3/h4-10H,1-3H3,(H,20,22). The summed E-state index contributed by atoms with van der Waals surface area (Å²) in [5.41, 5.74) is 4.59. The second-order valence-electron chi connectivity index (χ2n) is 5.59. The maximum Gasteiger partial charge on any atom is 0.208 e. The zero-order chi connectivity index (χ0) is 15.9. The molecule has 1 heterocycles. The summed E-state index contributed by atoms with van der Waals surface area (Å²) in [6.07, 6.45) is 0. The molecule has 0 unspecified atom stereocenters. The van der Waals surface area contributed by atoms with Gasteiger partial charge in [-0.05, 0) is 42.3 Å². The third-order valence-electron chi connectivity index (χ3n) is 3.83. The second kappa shape index (κ2) is 5.50. The van der Waals surface area contributed by atoms with Crippen LogP contribution in [0, 0.1) is 6.92 Å². The quantitative estimate of drug-likeness (QED) is 0.769. The maximum absolute atomic E-state index is 12.3. The lowest BCUT2D eigenvalue weighted by Gasteiger charge is -2.13. The number of aromatic amines is 1. The summed E-state index contributed by atoms with van der Waals surface area (Å²) in [5, 5.41) is 0.873. The fraction of sp³-hybridized carbons (Fsp3) is 0.167. The Morgan fingerprint density at radius 3 is 2.27 bits per heavy atom. The van der Waals surface area contributed by atoms with Gasteiger partial charge in [-0.1, -0.05) is 29.8 Å². The molecule has 0 saturated carbocycles. The van der Waals surface area contributed by atoms with Crippen LogP contribution in [0.3, 0.4) is 0 Å². The molecule has 0 aliphatic rings. The number of pyridine rings is 1. The van der Waals surface area contributed by atoms with Crippen molar-refractivity contribution in [2.24, 2.45) is 0 Å². The van der Waals surface area contributed by atoms with Crippen LogP contribution in [-0.2, 0) is 0 Å². The molecule has 2 aromatic carbocycles. The molecule has 22 heavy (non-hydrogen) atoms. The molecule has 0 spiro atoms. The Bertz CT molecular complexity index is 895. The van der Waals surface area contributed by atoms with Crippen molar-refractivity contribution >= 4 is 28.2 Å². The molecule has 0 saturated heterocycles. The van der Waals surface area contributed by atoms with Crippen LogP contribution in [0.2, 0.25) is 5.02 Å². The van der Waals surface area contributed by atoms with Gasteiger partial charge in [0.25, 0.3) is 0 Å². The number of halogens is 1. The average Bonchev–Trinajstić information content (AvgIpc) is 2.52. The molecular weight excluding hydrogens is 296 g/mol. The van der Waals surface area contributed by atoms with E-state index in [2.05, 4.69) is 34.1 Å². The van der Waals surface area contributed by atoms with Crippen molar-refractivity contribution in [3.63, 3.8) is 0 Å². The lowest BCUT2D eigenvalue weighted by atomic mass is 10.0. The zero-order valence-electron chi connectivity index (χ0n) is 12.8. The van der Waals surface area contributed by atoms with Gasteiger partial charge >= 0.3 is 0 Å². The van der Waals surface area contributed by atoms with Gasteiger partial charge in [0, 0.05) is 36.4 Å². The van der Waals surface area contributed by atoms with Gasteiger partial charge in [-0.3, -0.25) is 4.79 Å². The van der Waals surface area contributed by atoms with Crippen LogP contribution in [0.15, 0.2) is 47.3 Å². The fourth-order valence-electron chi connectivity index (χ4n) is 2.52. The lowest BCUT2D eigenvalue weighted by Crippen LogP contribution is -2.08. The highest BCUT2D eigenvalue weighted by Crippen LogP contribution is 2.25. The first kappa shape index (κ1) is 14.7. The Labute approximate surface area is 134 Å². The predicted molar refractivity (Wildman–Crippen MR) is 94.1 cm³/mol. The van der Waals surface area contributed by atoms with E-state index in [4.69, 9.17) is 11.6 Å². The largest absolute Gasteiger partial charge is 0.378 e. The molecule has 1 aromatic heterocycles. The lowest BCUT2D eigenvalue weighted by molar-refractivity contribution is 1.13. The monoisotopic (exact) mass is 312 g/mol. The van der Waals surface area contributed by atoms with Crippen LogP contribution >= 0.6 is 11.6 Å². The number of H-pyrrole nitrogens is 1. The van der Waals surface area contributed by atoms with Crippen molar-refractivity contribution in [1.82, 2.24) is 4.98 Å². The number of fused-ring (bicyclic) bond motifs is 1. The van der Waals surface area contributed by atoms with Gasteiger partial charge in [-0.25, -0.2) is 0 Å². The summed E-state index contributed by atoms with van der Waals surface area (Å²) in [4.78, 5) is 17.5. The van der Waals surface area contributed by atoms with E-state index in [1.54, 1.807) is 6.92 Å². The highest BCUT2D eigenvalue weighted by molar-refractivity contribution is 6.31. The van der Waals surface area contributed by atoms with Gasteiger partial charge in [-0.15, -0.1) is 0 Å². The van der Waals surface area contributed by atoms with Crippen LogP contribution in [0.25, 0.3) is 22.0 Å². The zero-order valence-corrected chi connectivity index (χ0v) is 13.5. The first-order chi connectivity index (χ1) is 10.5. The molecule has 112 valence electrons. The van der Waals surface area contributed by atoms with E-state index in [9.17, 15) is 4.79 Å². The van der Waals surface area contributed by atoms with E-state index in [-0.39, 0.29) is 10.5 Å². The molecule has 3 aromatic rings. The van der Waals surface area contributed by atoms with E-state index in [0.717, 1.165) is 22.3 Å². The maximum atomic E-state index is 12.3. The molecule has 1 N–H and O–H groups in total. The number of nitrogens with zero attached hydrogens (tertiary/aromatic N) is 1. The Morgan fingerprint density at radius 1 is 1.00 bits per heavy atom. The molecule has 0 atom stereocenters. The minimum absolute atomic E-state index is 0.125. The van der Waals surface area contributed by atoms with Crippen LogP contribution in [-0.4, -0.2) is 19.1 Å². The first-order valence-electron chi connectivity index (χ1n) is 7.07. The second-order valence-corrected chi connectivity index (χ2v) is 5.97. The Morgan fingerprint density at radius 2 is 1.64 bits per heavy atom. The summed E-state index contributed by atoms with van der Waals surface area (Å²) in [7, 11) is 4.02. The molecule has 0 aliphatic carbocycles. The third kappa shape index (κ3) is 2.48. The van der Waals surface area contributed by atoms with E-state index in [1.807, 2.05) is 32.3 Å². The van der Waals surface area contributed by atoms with E-state index < -0.39 is 0 Å². The topological polar surface area (TPSA) is 36.1 Å². The van der Waals surface area contributed by atoms with E-state index in [0.29, 0.717) is 11.1 Å². The van der Waals surface area contributed by atoms with E-state index >= 15 is 0 Å². The van der Waals surface area contributed by atoms with E-state index in [1.165, 1.54) is 0 Å². The number of rotatable bonds is 2. The van der Waals surface area contributed by atoms with Gasteiger partial charge in [0.2, 0.25) is 5.43 Å². The van der Waals surface area contributed by atoms with Crippen molar-refractivity contribution in [3.05, 3.63) is 63.4 Å². The van der Waals surface area contributed by atoms with Crippen molar-refractivity contribution in [2.45, 2.75) is 6.92 Å². The number of benzene rings is 2. The highest BCUT2D eigenvalue weighted by Gasteiger charge is 2.08. The summed E-state index contributed by atoms with van der Waals surface area (Å²) >= 11 is 6.06. The molecule has 0 aliphatic heterocycles. The smallest absolute Gasteiger partial charge is 0.208 e. The predicted octanol–water partition coefficient (Wildman–Crippen LogP) is 4.22. The number of hydrogen-bond acceptors (Lipinski definition) is 2. The third-order valence-corrected chi connectivity index (χ3v) is 4.29. The van der Waals surface area contributed by atoms with Crippen LogP contribution < -0.4 is 10.3 Å². The van der Waals surface area contributed by atoms with Crippen molar-refractivity contribution in [1.29, 1.82) is 0 Å². The van der Waals surface area contributed by atoms with Gasteiger partial charge in [0.1, 0.15) is 5.02 Å². The Kier molecular flexibility index (Phi) is 3.67. The van der Waals surface area contributed by atoms with Crippen LogP contribution in [0.1, 0.15) is 5.69 Å².